The van der Waals surface area contributed by atoms with Gasteiger partial charge < -0.3 is 4.79 Å². The fraction of sp³-hybridized carbons (Fsp3) is 0.889. The Hall–Kier alpha value is -0.540. The zero-order valence-corrected chi connectivity index (χ0v) is 6.86. The SMILES string of the molecule is C.C=O.FC(F)(F)C1CCCCC1. The molecule has 0 aromatic carbocycles. The van der Waals surface area contributed by atoms with E-state index in [9.17, 15) is 13.2 Å². The van der Waals surface area contributed by atoms with E-state index in [4.69, 9.17) is 4.79 Å². The Morgan fingerprint density at radius 2 is 1.38 bits per heavy atom. The van der Waals surface area contributed by atoms with E-state index in [0.717, 1.165) is 19.3 Å². The second kappa shape index (κ2) is 6.92. The van der Waals surface area contributed by atoms with Crippen molar-refractivity contribution in [1.29, 1.82) is 0 Å². The van der Waals surface area contributed by atoms with Crippen LogP contribution in [0, 0.1) is 5.92 Å². The summed E-state index contributed by atoms with van der Waals surface area (Å²) in [6, 6.07) is 0. The van der Waals surface area contributed by atoms with Crippen LogP contribution in [-0.4, -0.2) is 13.0 Å². The van der Waals surface area contributed by atoms with E-state index in [0.29, 0.717) is 12.8 Å². The minimum absolute atomic E-state index is 0. The highest BCUT2D eigenvalue weighted by Crippen LogP contribution is 2.37. The van der Waals surface area contributed by atoms with Crippen molar-refractivity contribution >= 4 is 6.79 Å². The molecule has 1 rings (SSSR count). The first kappa shape index (κ1) is 15.0. The molecule has 1 aliphatic rings. The van der Waals surface area contributed by atoms with Gasteiger partial charge in [-0.05, 0) is 12.8 Å². The van der Waals surface area contributed by atoms with Crippen LogP contribution in [-0.2, 0) is 4.79 Å². The predicted octanol–water partition coefficient (Wildman–Crippen LogP) is 3.58. The van der Waals surface area contributed by atoms with Gasteiger partial charge in [0.05, 0.1) is 5.92 Å². The van der Waals surface area contributed by atoms with E-state index in [1.807, 2.05) is 6.79 Å². The first-order valence-electron chi connectivity index (χ1n) is 3.96. The second-order valence-electron chi connectivity index (χ2n) is 2.88. The number of alkyl halides is 3. The second-order valence-corrected chi connectivity index (χ2v) is 2.88. The number of carbonyl (C=O) groups is 1. The molecule has 0 radical (unpaired) electrons. The fourth-order valence-corrected chi connectivity index (χ4v) is 1.43. The van der Waals surface area contributed by atoms with Crippen LogP contribution in [0.1, 0.15) is 39.5 Å². The molecule has 1 nitrogen and oxygen atoms in total. The van der Waals surface area contributed by atoms with Crippen LogP contribution in [0.25, 0.3) is 0 Å². The Balaban J connectivity index is 0. The molecule has 0 spiro atoms. The fourth-order valence-electron chi connectivity index (χ4n) is 1.43. The molecule has 0 heterocycles. The third kappa shape index (κ3) is 5.66. The highest BCUT2D eigenvalue weighted by molar-refractivity contribution is 5.10. The van der Waals surface area contributed by atoms with Gasteiger partial charge in [-0.15, -0.1) is 0 Å². The molecule has 0 bridgehead atoms. The van der Waals surface area contributed by atoms with Crippen LogP contribution in [0.2, 0.25) is 0 Å². The molecular formula is C9H17F3O. The molecule has 4 heteroatoms. The average Bonchev–Trinajstić information content (AvgIpc) is 2.08. The maximum Gasteiger partial charge on any atom is 0.391 e. The van der Waals surface area contributed by atoms with Gasteiger partial charge in [0, 0.05) is 0 Å². The summed E-state index contributed by atoms with van der Waals surface area (Å²) < 4.78 is 35.8. The number of hydrogen-bond donors (Lipinski definition) is 0. The van der Waals surface area contributed by atoms with Gasteiger partial charge in [-0.3, -0.25) is 0 Å². The highest BCUT2D eigenvalue weighted by Gasteiger charge is 2.39. The van der Waals surface area contributed by atoms with Crippen molar-refractivity contribution in [3.63, 3.8) is 0 Å². The zero-order valence-electron chi connectivity index (χ0n) is 6.86. The van der Waals surface area contributed by atoms with Crippen LogP contribution in [0.3, 0.4) is 0 Å². The first-order chi connectivity index (χ1) is 5.61. The Morgan fingerprint density at radius 1 is 1.00 bits per heavy atom. The van der Waals surface area contributed by atoms with E-state index < -0.39 is 12.1 Å². The van der Waals surface area contributed by atoms with E-state index >= 15 is 0 Å². The average molecular weight is 198 g/mol. The molecule has 0 aromatic heterocycles. The quantitative estimate of drug-likeness (QED) is 0.581. The van der Waals surface area contributed by atoms with Crippen LogP contribution in [0.15, 0.2) is 0 Å². The predicted molar refractivity (Wildman–Crippen MR) is 46.5 cm³/mol. The Bertz CT molecular complexity index is 117. The van der Waals surface area contributed by atoms with Crippen molar-refractivity contribution in [3.05, 3.63) is 0 Å². The molecule has 80 valence electrons. The zero-order chi connectivity index (χ0) is 9.61. The number of rotatable bonds is 0. The lowest BCUT2D eigenvalue weighted by molar-refractivity contribution is -0.181. The Morgan fingerprint density at radius 3 is 1.62 bits per heavy atom. The summed E-state index contributed by atoms with van der Waals surface area (Å²) in [5, 5.41) is 0. The molecule has 0 saturated heterocycles. The standard InChI is InChI=1S/C7H11F3.CH2O.CH4/c8-7(9,10)6-4-2-1-3-5-6;1-2;/h6H,1-5H2;1H2;1H4. The molecule has 1 fully saturated rings. The summed E-state index contributed by atoms with van der Waals surface area (Å²) in [5.41, 5.74) is 0. The minimum Gasteiger partial charge on any atom is -0.307 e. The minimum atomic E-state index is -3.93. The first-order valence-corrected chi connectivity index (χ1v) is 3.96. The molecule has 0 N–H and O–H groups in total. The Kier molecular flexibility index (Phi) is 7.96. The lowest BCUT2D eigenvalue weighted by Crippen LogP contribution is -2.24. The van der Waals surface area contributed by atoms with E-state index in [2.05, 4.69) is 0 Å². The molecule has 13 heavy (non-hydrogen) atoms. The molecule has 0 amide bonds. The van der Waals surface area contributed by atoms with Gasteiger partial charge in [0.15, 0.2) is 0 Å². The van der Waals surface area contributed by atoms with Crippen molar-refractivity contribution in [2.24, 2.45) is 5.92 Å². The summed E-state index contributed by atoms with van der Waals surface area (Å²) >= 11 is 0. The van der Waals surface area contributed by atoms with Gasteiger partial charge >= 0.3 is 6.18 Å². The summed E-state index contributed by atoms with van der Waals surface area (Å²) in [6.45, 7) is 2.00. The maximum absolute atomic E-state index is 11.9. The smallest absolute Gasteiger partial charge is 0.307 e. The number of carbonyl (C=O) groups excluding carboxylic acids is 1. The lowest BCUT2D eigenvalue weighted by atomic mass is 9.89. The van der Waals surface area contributed by atoms with E-state index in [1.54, 1.807) is 0 Å². The third-order valence-corrected chi connectivity index (χ3v) is 2.07. The van der Waals surface area contributed by atoms with Gasteiger partial charge in [-0.25, -0.2) is 0 Å². The number of halogens is 3. The van der Waals surface area contributed by atoms with Crippen LogP contribution in [0.5, 0.6) is 0 Å². The summed E-state index contributed by atoms with van der Waals surface area (Å²) in [7, 11) is 0. The summed E-state index contributed by atoms with van der Waals surface area (Å²) in [6.07, 6.45) is -0.742. The number of hydrogen-bond acceptors (Lipinski definition) is 1. The summed E-state index contributed by atoms with van der Waals surface area (Å²) in [4.78, 5) is 8.00. The third-order valence-electron chi connectivity index (χ3n) is 2.07. The normalized spacial score (nSPS) is 18.1. The maximum atomic E-state index is 11.9. The topological polar surface area (TPSA) is 17.1 Å². The largest absolute Gasteiger partial charge is 0.391 e. The van der Waals surface area contributed by atoms with Crippen molar-refractivity contribution < 1.29 is 18.0 Å². The molecule has 0 atom stereocenters. The van der Waals surface area contributed by atoms with Gasteiger partial charge in [-0.1, -0.05) is 26.7 Å². The van der Waals surface area contributed by atoms with Crippen molar-refractivity contribution in [2.45, 2.75) is 45.7 Å². The molecule has 0 aliphatic heterocycles. The highest BCUT2D eigenvalue weighted by atomic mass is 19.4. The van der Waals surface area contributed by atoms with Gasteiger partial charge in [0.25, 0.3) is 0 Å². The molecule has 0 aromatic rings. The van der Waals surface area contributed by atoms with Crippen LogP contribution >= 0.6 is 0 Å². The van der Waals surface area contributed by atoms with Crippen LogP contribution < -0.4 is 0 Å². The molecule has 1 saturated carbocycles. The van der Waals surface area contributed by atoms with Gasteiger partial charge in [0.1, 0.15) is 6.79 Å². The molecule has 0 unspecified atom stereocenters. The lowest BCUT2D eigenvalue weighted by Gasteiger charge is -2.23. The Labute approximate surface area is 77.3 Å². The summed E-state index contributed by atoms with van der Waals surface area (Å²) in [5.74, 6) is -0.999. The van der Waals surface area contributed by atoms with Gasteiger partial charge in [-0.2, -0.15) is 13.2 Å². The van der Waals surface area contributed by atoms with Gasteiger partial charge in [0.2, 0.25) is 0 Å². The molecule has 1 aliphatic carbocycles. The van der Waals surface area contributed by atoms with Crippen LogP contribution in [0.4, 0.5) is 13.2 Å². The van der Waals surface area contributed by atoms with E-state index in [1.165, 1.54) is 0 Å². The monoisotopic (exact) mass is 198 g/mol. The van der Waals surface area contributed by atoms with Crippen molar-refractivity contribution in [1.82, 2.24) is 0 Å². The van der Waals surface area contributed by atoms with Crippen molar-refractivity contribution in [2.75, 3.05) is 0 Å². The molecular weight excluding hydrogens is 181 g/mol. The van der Waals surface area contributed by atoms with Crippen molar-refractivity contribution in [3.8, 4) is 0 Å². The van der Waals surface area contributed by atoms with E-state index in [-0.39, 0.29) is 7.43 Å².